The minimum absolute atomic E-state index is 0.0241. The van der Waals surface area contributed by atoms with Crippen molar-refractivity contribution in [2.75, 3.05) is 49.6 Å². The van der Waals surface area contributed by atoms with E-state index in [-0.39, 0.29) is 12.1 Å². The van der Waals surface area contributed by atoms with Gasteiger partial charge in [0, 0.05) is 68.8 Å². The van der Waals surface area contributed by atoms with Crippen LogP contribution in [-0.4, -0.2) is 78.9 Å². The molecule has 1 aromatic carbocycles. The van der Waals surface area contributed by atoms with Crippen molar-refractivity contribution in [2.24, 2.45) is 5.73 Å². The molecule has 5 heterocycles. The summed E-state index contributed by atoms with van der Waals surface area (Å²) in [4.78, 5) is 16.8. The fraction of sp³-hybridized carbons (Fsp3) is 0.483. The predicted octanol–water partition coefficient (Wildman–Crippen LogP) is 3.12. The Hall–Kier alpha value is -3.25. The summed E-state index contributed by atoms with van der Waals surface area (Å²) < 4.78 is 5.51. The molecular weight excluding hydrogens is 462 g/mol. The van der Waals surface area contributed by atoms with Crippen molar-refractivity contribution in [3.8, 4) is 6.07 Å². The standard InChI is InChI=1S/C29H35N7O/c1-19-15-34(26-7-5-21(13-30)29-24(26)4-3-10-32-29)16-23-12-20(9-11-36(19)23)22-6-8-28(33-14-22)35-17-25(31)27(18-35)37-2/h3-8,10,14,19-20,23,25,27H,9,11-12,15-18,31H2,1-2H3/t19-,20-,23+,25-,27-/m1/s1. The topological polar surface area (TPSA) is 94.5 Å². The molecule has 6 rings (SSSR count). The molecule has 3 fully saturated rings. The normalized spacial score (nSPS) is 28.3. The largest absolute Gasteiger partial charge is 0.378 e. The predicted molar refractivity (Wildman–Crippen MR) is 146 cm³/mol. The van der Waals surface area contributed by atoms with Crippen LogP contribution < -0.4 is 15.5 Å². The van der Waals surface area contributed by atoms with Gasteiger partial charge in [0.2, 0.25) is 0 Å². The summed E-state index contributed by atoms with van der Waals surface area (Å²) in [6, 6.07) is 15.8. The Morgan fingerprint density at radius 3 is 2.70 bits per heavy atom. The van der Waals surface area contributed by atoms with Crippen LogP contribution in [0, 0.1) is 11.3 Å². The Balaban J connectivity index is 1.19. The Bertz CT molecular complexity index is 1310. The minimum atomic E-state index is 0.0241. The van der Waals surface area contributed by atoms with Crippen LogP contribution in [0.2, 0.25) is 0 Å². The second kappa shape index (κ2) is 9.90. The molecule has 0 bridgehead atoms. The second-order valence-corrected chi connectivity index (χ2v) is 10.8. The Labute approximate surface area is 218 Å². The first-order chi connectivity index (χ1) is 18.1. The Morgan fingerprint density at radius 2 is 1.95 bits per heavy atom. The molecule has 3 saturated heterocycles. The summed E-state index contributed by atoms with van der Waals surface area (Å²) in [5, 5.41) is 10.6. The molecule has 192 valence electrons. The number of fused-ring (bicyclic) bond motifs is 2. The van der Waals surface area contributed by atoms with E-state index in [1.165, 1.54) is 11.3 Å². The van der Waals surface area contributed by atoms with Crippen LogP contribution in [0.5, 0.6) is 0 Å². The SMILES string of the molecule is CO[C@@H]1CN(c2ccc([C@@H]3CCN4[C@@H](C3)CN(c3ccc(C#N)c5ncccc35)C[C@H]4C)cn2)C[C@H]1N. The molecule has 0 spiro atoms. The number of piperidine rings is 1. The number of anilines is 2. The van der Waals surface area contributed by atoms with Crippen LogP contribution in [0.3, 0.4) is 0 Å². The van der Waals surface area contributed by atoms with Crippen molar-refractivity contribution in [1.29, 1.82) is 5.26 Å². The lowest BCUT2D eigenvalue weighted by Gasteiger charge is -2.50. The van der Waals surface area contributed by atoms with Gasteiger partial charge in [0.05, 0.1) is 23.2 Å². The first kappa shape index (κ1) is 24.1. The van der Waals surface area contributed by atoms with Crippen LogP contribution in [0.4, 0.5) is 11.5 Å². The Morgan fingerprint density at radius 1 is 1.05 bits per heavy atom. The lowest BCUT2D eigenvalue weighted by atomic mass is 9.83. The third kappa shape index (κ3) is 4.42. The van der Waals surface area contributed by atoms with E-state index in [9.17, 15) is 5.26 Å². The number of hydrogen-bond acceptors (Lipinski definition) is 8. The molecule has 37 heavy (non-hydrogen) atoms. The van der Waals surface area contributed by atoms with Gasteiger partial charge in [0.25, 0.3) is 0 Å². The van der Waals surface area contributed by atoms with E-state index in [2.05, 4.69) is 63.1 Å². The maximum Gasteiger partial charge on any atom is 0.128 e. The van der Waals surface area contributed by atoms with E-state index in [0.29, 0.717) is 23.6 Å². The lowest BCUT2D eigenvalue weighted by molar-refractivity contribution is 0.0765. The highest BCUT2D eigenvalue weighted by Gasteiger charge is 2.38. The summed E-state index contributed by atoms with van der Waals surface area (Å²) in [6.45, 7) is 6.97. The van der Waals surface area contributed by atoms with Gasteiger partial charge in [-0.1, -0.05) is 6.07 Å². The van der Waals surface area contributed by atoms with Gasteiger partial charge in [-0.3, -0.25) is 9.88 Å². The highest BCUT2D eigenvalue weighted by molar-refractivity contribution is 5.95. The molecule has 0 radical (unpaired) electrons. The van der Waals surface area contributed by atoms with E-state index in [4.69, 9.17) is 15.5 Å². The van der Waals surface area contributed by atoms with Crippen molar-refractivity contribution in [3.63, 3.8) is 0 Å². The number of hydrogen-bond donors (Lipinski definition) is 1. The zero-order valence-corrected chi connectivity index (χ0v) is 21.6. The maximum atomic E-state index is 9.55. The molecule has 8 heteroatoms. The number of ether oxygens (including phenoxy) is 1. The summed E-state index contributed by atoms with van der Waals surface area (Å²) >= 11 is 0. The molecule has 0 saturated carbocycles. The molecule has 2 N–H and O–H groups in total. The average molecular weight is 498 g/mol. The van der Waals surface area contributed by atoms with E-state index in [1.807, 2.05) is 12.1 Å². The van der Waals surface area contributed by atoms with Crippen LogP contribution in [0.25, 0.3) is 10.9 Å². The van der Waals surface area contributed by atoms with E-state index in [0.717, 1.165) is 62.3 Å². The fourth-order valence-electron chi connectivity index (χ4n) is 6.67. The first-order valence-electron chi connectivity index (χ1n) is 13.3. The molecule has 5 atom stereocenters. The van der Waals surface area contributed by atoms with Gasteiger partial charge in [-0.15, -0.1) is 0 Å². The zero-order chi connectivity index (χ0) is 25.5. The minimum Gasteiger partial charge on any atom is -0.378 e. The van der Waals surface area contributed by atoms with Crippen LogP contribution in [0.1, 0.15) is 36.8 Å². The molecule has 2 aromatic heterocycles. The van der Waals surface area contributed by atoms with Gasteiger partial charge in [-0.25, -0.2) is 4.98 Å². The molecule has 0 unspecified atom stereocenters. The van der Waals surface area contributed by atoms with Crippen molar-refractivity contribution in [1.82, 2.24) is 14.9 Å². The van der Waals surface area contributed by atoms with Crippen molar-refractivity contribution >= 4 is 22.4 Å². The van der Waals surface area contributed by atoms with Gasteiger partial charge >= 0.3 is 0 Å². The van der Waals surface area contributed by atoms with Gasteiger partial charge in [0.1, 0.15) is 11.9 Å². The highest BCUT2D eigenvalue weighted by atomic mass is 16.5. The van der Waals surface area contributed by atoms with Gasteiger partial charge < -0.3 is 20.3 Å². The molecule has 3 aromatic rings. The number of nitrogens with two attached hydrogens (primary N) is 1. The number of piperazine rings is 1. The van der Waals surface area contributed by atoms with Crippen LogP contribution in [0.15, 0.2) is 48.8 Å². The van der Waals surface area contributed by atoms with Gasteiger partial charge in [-0.05, 0) is 68.1 Å². The molecular formula is C29H35N7O. The zero-order valence-electron chi connectivity index (χ0n) is 21.6. The summed E-state index contributed by atoms with van der Waals surface area (Å²) in [5.74, 6) is 1.48. The number of rotatable bonds is 4. The maximum absolute atomic E-state index is 9.55. The summed E-state index contributed by atoms with van der Waals surface area (Å²) in [7, 11) is 1.73. The summed E-state index contributed by atoms with van der Waals surface area (Å²) in [5.41, 5.74) is 10.1. The number of benzene rings is 1. The average Bonchev–Trinajstić information content (AvgIpc) is 3.32. The lowest BCUT2D eigenvalue weighted by Crippen LogP contribution is -2.60. The third-order valence-electron chi connectivity index (χ3n) is 8.63. The van der Waals surface area contributed by atoms with Gasteiger partial charge in [-0.2, -0.15) is 5.26 Å². The quantitative estimate of drug-likeness (QED) is 0.588. The first-order valence-corrected chi connectivity index (χ1v) is 13.3. The van der Waals surface area contributed by atoms with Gasteiger partial charge in [0.15, 0.2) is 0 Å². The molecule has 8 nitrogen and oxygen atoms in total. The molecule has 3 aliphatic rings. The third-order valence-corrected chi connectivity index (χ3v) is 8.63. The smallest absolute Gasteiger partial charge is 0.128 e. The molecule has 3 aliphatic heterocycles. The Kier molecular flexibility index (Phi) is 6.45. The van der Waals surface area contributed by atoms with E-state index in [1.54, 1.807) is 13.3 Å². The highest BCUT2D eigenvalue weighted by Crippen LogP contribution is 2.38. The van der Waals surface area contributed by atoms with Crippen molar-refractivity contribution < 1.29 is 4.74 Å². The number of aromatic nitrogens is 2. The van der Waals surface area contributed by atoms with Crippen LogP contribution >= 0.6 is 0 Å². The van der Waals surface area contributed by atoms with E-state index < -0.39 is 0 Å². The number of nitriles is 1. The number of methoxy groups -OCH3 is 1. The molecule has 0 amide bonds. The fourth-order valence-corrected chi connectivity index (χ4v) is 6.67. The summed E-state index contributed by atoms with van der Waals surface area (Å²) in [6.07, 6.45) is 6.18. The molecule has 0 aliphatic carbocycles. The number of nitrogens with zero attached hydrogens (tertiary/aromatic N) is 6. The van der Waals surface area contributed by atoms with Crippen LogP contribution in [-0.2, 0) is 4.74 Å². The second-order valence-electron chi connectivity index (χ2n) is 10.8. The number of pyridine rings is 2. The van der Waals surface area contributed by atoms with E-state index >= 15 is 0 Å². The monoisotopic (exact) mass is 497 g/mol. The van der Waals surface area contributed by atoms with Crippen molar-refractivity contribution in [2.45, 2.75) is 49.9 Å². The van der Waals surface area contributed by atoms with Crippen molar-refractivity contribution in [3.05, 3.63) is 59.9 Å².